The monoisotopic (exact) mass is 246 g/mol. The van der Waals surface area contributed by atoms with Crippen LogP contribution in [0, 0.1) is 0 Å². The lowest BCUT2D eigenvalue weighted by Crippen LogP contribution is -1.99. The molecule has 0 aliphatic heterocycles. The van der Waals surface area contributed by atoms with E-state index in [0.717, 1.165) is 18.1 Å². The molecular weight excluding hydrogens is 228 g/mol. The molecule has 3 N–H and O–H groups in total. The smallest absolute Gasteiger partial charge is 0.152 e. The summed E-state index contributed by atoms with van der Waals surface area (Å²) < 4.78 is 7.31. The fourth-order valence-corrected chi connectivity index (χ4v) is 1.64. The SMILES string of the molecule is CCOc1cc(Nc2ccn(CC)n2)ccc1N. The van der Waals surface area contributed by atoms with Gasteiger partial charge in [0.05, 0.1) is 12.3 Å². The van der Waals surface area contributed by atoms with Crippen molar-refractivity contribution in [2.24, 2.45) is 0 Å². The van der Waals surface area contributed by atoms with Crippen LogP contribution in [0.3, 0.4) is 0 Å². The Morgan fingerprint density at radius 1 is 1.33 bits per heavy atom. The van der Waals surface area contributed by atoms with Crippen LogP contribution >= 0.6 is 0 Å². The van der Waals surface area contributed by atoms with Gasteiger partial charge in [0.15, 0.2) is 5.82 Å². The summed E-state index contributed by atoms with van der Waals surface area (Å²) in [4.78, 5) is 0. The topological polar surface area (TPSA) is 65.1 Å². The standard InChI is InChI=1S/C13H18N4O/c1-3-17-8-7-13(16-17)15-10-5-6-11(14)12(9-10)18-4-2/h5-9H,3-4,14H2,1-2H3,(H,15,16). The number of nitrogens with one attached hydrogen (secondary N) is 1. The number of ether oxygens (including phenoxy) is 1. The third-order valence-corrected chi connectivity index (χ3v) is 2.55. The molecule has 96 valence electrons. The van der Waals surface area contributed by atoms with E-state index in [1.807, 2.05) is 49.0 Å². The van der Waals surface area contributed by atoms with Crippen molar-refractivity contribution in [3.8, 4) is 5.75 Å². The Bertz CT molecular complexity index is 521. The van der Waals surface area contributed by atoms with E-state index in [9.17, 15) is 0 Å². The molecule has 0 fully saturated rings. The Morgan fingerprint density at radius 3 is 2.83 bits per heavy atom. The second kappa shape index (κ2) is 5.44. The second-order valence-corrected chi connectivity index (χ2v) is 3.87. The first-order chi connectivity index (χ1) is 8.72. The first-order valence-corrected chi connectivity index (χ1v) is 6.05. The number of nitrogen functional groups attached to an aromatic ring is 1. The van der Waals surface area contributed by atoms with Crippen molar-refractivity contribution >= 4 is 17.2 Å². The van der Waals surface area contributed by atoms with Gasteiger partial charge in [0.1, 0.15) is 5.75 Å². The molecule has 5 nitrogen and oxygen atoms in total. The largest absolute Gasteiger partial charge is 0.492 e. The summed E-state index contributed by atoms with van der Waals surface area (Å²) in [5.41, 5.74) is 7.37. The van der Waals surface area contributed by atoms with Gasteiger partial charge in [-0.05, 0) is 26.0 Å². The summed E-state index contributed by atoms with van der Waals surface area (Å²) in [6.45, 7) is 5.43. The van der Waals surface area contributed by atoms with Gasteiger partial charge < -0.3 is 15.8 Å². The average Bonchev–Trinajstić information content (AvgIpc) is 2.81. The van der Waals surface area contributed by atoms with Crippen LogP contribution < -0.4 is 15.8 Å². The third-order valence-electron chi connectivity index (χ3n) is 2.55. The molecule has 1 heterocycles. The van der Waals surface area contributed by atoms with Crippen LogP contribution in [-0.4, -0.2) is 16.4 Å². The fourth-order valence-electron chi connectivity index (χ4n) is 1.64. The van der Waals surface area contributed by atoms with E-state index in [1.165, 1.54) is 0 Å². The molecule has 0 spiro atoms. The van der Waals surface area contributed by atoms with Crippen LogP contribution in [0.1, 0.15) is 13.8 Å². The summed E-state index contributed by atoms with van der Waals surface area (Å²) >= 11 is 0. The maximum atomic E-state index is 5.82. The molecule has 2 aromatic rings. The van der Waals surface area contributed by atoms with Gasteiger partial charge in [-0.1, -0.05) is 0 Å². The Balaban J connectivity index is 2.15. The van der Waals surface area contributed by atoms with Crippen LogP contribution in [0.25, 0.3) is 0 Å². The molecule has 0 bridgehead atoms. The van der Waals surface area contributed by atoms with Crippen LogP contribution in [0.2, 0.25) is 0 Å². The van der Waals surface area contributed by atoms with Gasteiger partial charge >= 0.3 is 0 Å². The molecule has 2 rings (SSSR count). The molecule has 1 aromatic heterocycles. The molecule has 0 amide bonds. The molecule has 0 atom stereocenters. The summed E-state index contributed by atoms with van der Waals surface area (Å²) in [6, 6.07) is 7.54. The molecule has 0 saturated carbocycles. The number of benzene rings is 1. The van der Waals surface area contributed by atoms with E-state index in [2.05, 4.69) is 10.4 Å². The van der Waals surface area contributed by atoms with E-state index in [0.29, 0.717) is 18.0 Å². The lowest BCUT2D eigenvalue weighted by atomic mass is 10.2. The number of anilines is 3. The maximum Gasteiger partial charge on any atom is 0.152 e. The molecule has 1 aromatic carbocycles. The number of nitrogens with two attached hydrogens (primary N) is 1. The Kier molecular flexibility index (Phi) is 3.72. The van der Waals surface area contributed by atoms with Crippen molar-refractivity contribution in [3.63, 3.8) is 0 Å². The van der Waals surface area contributed by atoms with Crippen LogP contribution in [0.4, 0.5) is 17.2 Å². The van der Waals surface area contributed by atoms with Crippen LogP contribution in [-0.2, 0) is 6.54 Å². The highest BCUT2D eigenvalue weighted by Crippen LogP contribution is 2.27. The maximum absolute atomic E-state index is 5.82. The van der Waals surface area contributed by atoms with E-state index in [-0.39, 0.29) is 0 Å². The highest BCUT2D eigenvalue weighted by molar-refractivity contribution is 5.65. The van der Waals surface area contributed by atoms with Gasteiger partial charge in [-0.3, -0.25) is 4.68 Å². The predicted molar refractivity (Wildman–Crippen MR) is 73.2 cm³/mol. The molecule has 0 aliphatic rings. The first-order valence-electron chi connectivity index (χ1n) is 6.05. The first kappa shape index (κ1) is 12.3. The lowest BCUT2D eigenvalue weighted by Gasteiger charge is -2.09. The third kappa shape index (κ3) is 2.74. The summed E-state index contributed by atoms with van der Waals surface area (Å²) in [5, 5.41) is 7.57. The molecular formula is C13H18N4O. The highest BCUT2D eigenvalue weighted by Gasteiger charge is 2.03. The van der Waals surface area contributed by atoms with Crippen molar-refractivity contribution in [2.75, 3.05) is 17.7 Å². The number of hydrogen-bond acceptors (Lipinski definition) is 4. The molecule has 0 saturated heterocycles. The van der Waals surface area contributed by atoms with Gasteiger partial charge in [0.2, 0.25) is 0 Å². The number of aromatic nitrogens is 2. The van der Waals surface area contributed by atoms with Gasteiger partial charge in [0, 0.05) is 30.6 Å². The summed E-state index contributed by atoms with van der Waals surface area (Å²) in [5.74, 6) is 1.50. The Morgan fingerprint density at radius 2 is 2.17 bits per heavy atom. The van der Waals surface area contributed by atoms with Crippen LogP contribution in [0.5, 0.6) is 5.75 Å². The summed E-state index contributed by atoms with van der Waals surface area (Å²) in [6.07, 6.45) is 1.93. The van der Waals surface area contributed by atoms with Crippen molar-refractivity contribution in [2.45, 2.75) is 20.4 Å². The van der Waals surface area contributed by atoms with Gasteiger partial charge in [-0.15, -0.1) is 0 Å². The normalized spacial score (nSPS) is 10.3. The average molecular weight is 246 g/mol. The zero-order chi connectivity index (χ0) is 13.0. The fraction of sp³-hybridized carbons (Fsp3) is 0.308. The number of rotatable bonds is 5. The zero-order valence-electron chi connectivity index (χ0n) is 10.7. The van der Waals surface area contributed by atoms with E-state index in [1.54, 1.807) is 0 Å². The Hall–Kier alpha value is -2.17. The molecule has 18 heavy (non-hydrogen) atoms. The van der Waals surface area contributed by atoms with E-state index < -0.39 is 0 Å². The number of hydrogen-bond donors (Lipinski definition) is 2. The number of aryl methyl sites for hydroxylation is 1. The van der Waals surface area contributed by atoms with Gasteiger partial charge in [0.25, 0.3) is 0 Å². The quantitative estimate of drug-likeness (QED) is 0.796. The molecule has 0 unspecified atom stereocenters. The van der Waals surface area contributed by atoms with Crippen molar-refractivity contribution < 1.29 is 4.74 Å². The molecule has 0 radical (unpaired) electrons. The minimum atomic E-state index is 0.595. The predicted octanol–water partition coefficient (Wildman–Crippen LogP) is 2.63. The van der Waals surface area contributed by atoms with Crippen molar-refractivity contribution in [3.05, 3.63) is 30.5 Å². The second-order valence-electron chi connectivity index (χ2n) is 3.87. The summed E-state index contributed by atoms with van der Waals surface area (Å²) in [7, 11) is 0. The zero-order valence-corrected chi connectivity index (χ0v) is 10.7. The van der Waals surface area contributed by atoms with Gasteiger partial charge in [-0.2, -0.15) is 5.10 Å². The van der Waals surface area contributed by atoms with Gasteiger partial charge in [-0.25, -0.2) is 0 Å². The molecule has 0 aliphatic carbocycles. The van der Waals surface area contributed by atoms with Crippen molar-refractivity contribution in [1.82, 2.24) is 9.78 Å². The minimum absolute atomic E-state index is 0.595. The minimum Gasteiger partial charge on any atom is -0.492 e. The van der Waals surface area contributed by atoms with E-state index >= 15 is 0 Å². The highest BCUT2D eigenvalue weighted by atomic mass is 16.5. The van der Waals surface area contributed by atoms with E-state index in [4.69, 9.17) is 10.5 Å². The lowest BCUT2D eigenvalue weighted by molar-refractivity contribution is 0.342. The Labute approximate surface area is 107 Å². The van der Waals surface area contributed by atoms with Crippen molar-refractivity contribution in [1.29, 1.82) is 0 Å². The van der Waals surface area contributed by atoms with Crippen LogP contribution in [0.15, 0.2) is 30.5 Å². The number of nitrogens with zero attached hydrogens (tertiary/aromatic N) is 2. The molecule has 5 heteroatoms.